The second-order valence-electron chi connectivity index (χ2n) is 4.04. The molecule has 0 spiro atoms. The molecule has 0 saturated heterocycles. The van der Waals surface area contributed by atoms with E-state index in [4.69, 9.17) is 11.6 Å². The molecule has 0 atom stereocenters. The number of aromatic nitrogens is 2. The van der Waals surface area contributed by atoms with Crippen molar-refractivity contribution in [2.24, 2.45) is 0 Å². The highest BCUT2D eigenvalue weighted by molar-refractivity contribution is 7.18. The fourth-order valence-electron chi connectivity index (χ4n) is 1.76. The van der Waals surface area contributed by atoms with Gasteiger partial charge in [-0.2, -0.15) is 0 Å². The molecule has 94 valence electrons. The number of nitrogens with zero attached hydrogens (tertiary/aromatic N) is 2. The van der Waals surface area contributed by atoms with Gasteiger partial charge >= 0.3 is 0 Å². The molecule has 3 nitrogen and oxygen atoms in total. The number of carbonyl (C=O) groups is 1. The van der Waals surface area contributed by atoms with Gasteiger partial charge in [0.05, 0.1) is 21.7 Å². The maximum Gasteiger partial charge on any atom is 0.187 e. The van der Waals surface area contributed by atoms with Crippen molar-refractivity contribution in [1.29, 1.82) is 0 Å². The molecule has 0 amide bonds. The van der Waals surface area contributed by atoms with Crippen molar-refractivity contribution in [3.63, 3.8) is 0 Å². The zero-order chi connectivity index (χ0) is 13.2. The Balaban J connectivity index is 1.84. The average Bonchev–Trinajstić information content (AvgIpc) is 2.81. The Morgan fingerprint density at radius 2 is 2.05 bits per heavy atom. The Morgan fingerprint density at radius 3 is 2.79 bits per heavy atom. The molecule has 3 aromatic rings. The number of pyridine rings is 1. The van der Waals surface area contributed by atoms with E-state index in [1.807, 2.05) is 24.3 Å². The second kappa shape index (κ2) is 5.07. The SMILES string of the molecule is O=C(Cc1nc2ccccc2s1)c1ccc(Cl)cn1. The predicted molar refractivity (Wildman–Crippen MR) is 76.9 cm³/mol. The van der Waals surface area contributed by atoms with Gasteiger partial charge in [-0.15, -0.1) is 11.3 Å². The molecular formula is C14H9ClN2OS. The van der Waals surface area contributed by atoms with E-state index >= 15 is 0 Å². The normalized spacial score (nSPS) is 10.8. The lowest BCUT2D eigenvalue weighted by Gasteiger charge is -1.97. The minimum Gasteiger partial charge on any atom is -0.292 e. The molecule has 2 aromatic heterocycles. The van der Waals surface area contributed by atoms with Crippen LogP contribution in [-0.2, 0) is 6.42 Å². The Kier molecular flexibility index (Phi) is 3.27. The number of hydrogen-bond acceptors (Lipinski definition) is 4. The topological polar surface area (TPSA) is 42.9 Å². The minimum atomic E-state index is -0.0456. The highest BCUT2D eigenvalue weighted by atomic mass is 35.5. The van der Waals surface area contributed by atoms with E-state index < -0.39 is 0 Å². The number of halogens is 1. The van der Waals surface area contributed by atoms with Gasteiger partial charge in [-0.1, -0.05) is 23.7 Å². The van der Waals surface area contributed by atoms with Crippen molar-refractivity contribution in [1.82, 2.24) is 9.97 Å². The van der Waals surface area contributed by atoms with Crippen molar-refractivity contribution in [2.45, 2.75) is 6.42 Å². The molecule has 0 aliphatic heterocycles. The first-order valence-corrected chi connectivity index (χ1v) is 6.91. The van der Waals surface area contributed by atoms with Crippen LogP contribution in [0.15, 0.2) is 42.6 Å². The molecule has 19 heavy (non-hydrogen) atoms. The number of fused-ring (bicyclic) bond motifs is 1. The lowest BCUT2D eigenvalue weighted by molar-refractivity contribution is 0.0988. The quantitative estimate of drug-likeness (QED) is 0.689. The number of thiazole rings is 1. The van der Waals surface area contributed by atoms with E-state index in [0.717, 1.165) is 15.2 Å². The van der Waals surface area contributed by atoms with Gasteiger partial charge in [0.2, 0.25) is 0 Å². The monoisotopic (exact) mass is 288 g/mol. The van der Waals surface area contributed by atoms with Crippen LogP contribution in [0.5, 0.6) is 0 Å². The summed E-state index contributed by atoms with van der Waals surface area (Å²) < 4.78 is 1.09. The number of rotatable bonds is 3. The zero-order valence-corrected chi connectivity index (χ0v) is 11.4. The number of ketones is 1. The number of Topliss-reactive ketones (excluding diaryl/α,β-unsaturated/α-hetero) is 1. The van der Waals surface area contributed by atoms with Crippen LogP contribution >= 0.6 is 22.9 Å². The molecule has 0 saturated carbocycles. The van der Waals surface area contributed by atoms with Gasteiger partial charge in [-0.05, 0) is 24.3 Å². The van der Waals surface area contributed by atoms with Crippen LogP contribution in [-0.4, -0.2) is 15.8 Å². The predicted octanol–water partition coefficient (Wildman–Crippen LogP) is 3.77. The molecule has 0 radical (unpaired) electrons. The summed E-state index contributed by atoms with van der Waals surface area (Å²) in [4.78, 5) is 20.5. The number of benzene rings is 1. The van der Waals surface area contributed by atoms with Crippen LogP contribution in [0.3, 0.4) is 0 Å². The lowest BCUT2D eigenvalue weighted by Crippen LogP contribution is -2.05. The summed E-state index contributed by atoms with van der Waals surface area (Å²) in [5.74, 6) is -0.0456. The summed E-state index contributed by atoms with van der Waals surface area (Å²) in [6, 6.07) is 11.2. The zero-order valence-electron chi connectivity index (χ0n) is 9.84. The van der Waals surface area contributed by atoms with Crippen LogP contribution in [0.1, 0.15) is 15.5 Å². The molecule has 0 N–H and O–H groups in total. The molecule has 0 bridgehead atoms. The van der Waals surface area contributed by atoms with E-state index in [-0.39, 0.29) is 12.2 Å². The van der Waals surface area contributed by atoms with Gasteiger partial charge in [0, 0.05) is 6.20 Å². The van der Waals surface area contributed by atoms with Gasteiger partial charge in [-0.25, -0.2) is 4.98 Å². The van der Waals surface area contributed by atoms with E-state index in [2.05, 4.69) is 9.97 Å². The van der Waals surface area contributed by atoms with Gasteiger partial charge in [0.1, 0.15) is 10.7 Å². The average molecular weight is 289 g/mol. The first-order valence-electron chi connectivity index (χ1n) is 5.71. The number of para-hydroxylation sites is 1. The van der Waals surface area contributed by atoms with Gasteiger partial charge in [0.15, 0.2) is 5.78 Å². The molecule has 5 heteroatoms. The van der Waals surface area contributed by atoms with Crippen molar-refractivity contribution in [3.05, 3.63) is 58.3 Å². The van der Waals surface area contributed by atoms with E-state index in [9.17, 15) is 4.79 Å². The first kappa shape index (κ1) is 12.3. The number of hydrogen-bond donors (Lipinski definition) is 0. The van der Waals surface area contributed by atoms with Gasteiger partial charge < -0.3 is 0 Å². The molecular weight excluding hydrogens is 280 g/mol. The van der Waals surface area contributed by atoms with E-state index in [0.29, 0.717) is 10.7 Å². The molecule has 0 aliphatic rings. The largest absolute Gasteiger partial charge is 0.292 e. The Bertz CT molecular complexity index is 704. The summed E-state index contributed by atoms with van der Waals surface area (Å²) in [6.07, 6.45) is 1.75. The van der Waals surface area contributed by atoms with Crippen LogP contribution in [0.2, 0.25) is 5.02 Å². The second-order valence-corrected chi connectivity index (χ2v) is 5.59. The van der Waals surface area contributed by atoms with Crippen molar-refractivity contribution in [3.8, 4) is 0 Å². The summed E-state index contributed by atoms with van der Waals surface area (Å²) in [5.41, 5.74) is 1.35. The maximum atomic E-state index is 12.1. The van der Waals surface area contributed by atoms with Crippen molar-refractivity contribution in [2.75, 3.05) is 0 Å². The highest BCUT2D eigenvalue weighted by Gasteiger charge is 2.12. The third-order valence-corrected chi connectivity index (χ3v) is 3.92. The van der Waals surface area contributed by atoms with E-state index in [1.54, 1.807) is 12.1 Å². The van der Waals surface area contributed by atoms with Crippen LogP contribution < -0.4 is 0 Å². The standard InChI is InChI=1S/C14H9ClN2OS/c15-9-5-6-10(16-8-9)12(18)7-14-17-11-3-1-2-4-13(11)19-14/h1-6,8H,7H2. The first-order chi connectivity index (χ1) is 9.22. The fraction of sp³-hybridized carbons (Fsp3) is 0.0714. The molecule has 2 heterocycles. The summed E-state index contributed by atoms with van der Waals surface area (Å²) in [7, 11) is 0. The fourth-order valence-corrected chi connectivity index (χ4v) is 2.84. The Hall–Kier alpha value is -1.78. The third kappa shape index (κ3) is 2.64. The molecule has 0 fully saturated rings. The smallest absolute Gasteiger partial charge is 0.187 e. The third-order valence-electron chi connectivity index (χ3n) is 2.66. The lowest BCUT2D eigenvalue weighted by atomic mass is 10.2. The van der Waals surface area contributed by atoms with Crippen molar-refractivity contribution < 1.29 is 4.79 Å². The molecule has 0 unspecified atom stereocenters. The van der Waals surface area contributed by atoms with Crippen LogP contribution in [0.4, 0.5) is 0 Å². The summed E-state index contributed by atoms with van der Waals surface area (Å²) >= 11 is 7.28. The minimum absolute atomic E-state index is 0.0456. The van der Waals surface area contributed by atoms with Crippen molar-refractivity contribution >= 4 is 38.9 Å². The summed E-state index contributed by atoms with van der Waals surface area (Å²) in [5, 5.41) is 1.33. The maximum absolute atomic E-state index is 12.1. The Labute approximate surface area is 118 Å². The van der Waals surface area contributed by atoms with E-state index in [1.165, 1.54) is 17.5 Å². The molecule has 0 aliphatic carbocycles. The van der Waals surface area contributed by atoms with Crippen LogP contribution in [0.25, 0.3) is 10.2 Å². The highest BCUT2D eigenvalue weighted by Crippen LogP contribution is 2.22. The molecule has 3 rings (SSSR count). The van der Waals surface area contributed by atoms with Crippen LogP contribution in [0, 0.1) is 0 Å². The molecule has 1 aromatic carbocycles. The van der Waals surface area contributed by atoms with Gasteiger partial charge in [-0.3, -0.25) is 9.78 Å². The number of carbonyl (C=O) groups excluding carboxylic acids is 1. The summed E-state index contributed by atoms with van der Waals surface area (Å²) in [6.45, 7) is 0. The Morgan fingerprint density at radius 1 is 1.21 bits per heavy atom. The van der Waals surface area contributed by atoms with Gasteiger partial charge in [0.25, 0.3) is 0 Å².